The van der Waals surface area contributed by atoms with Crippen LogP contribution in [0.2, 0.25) is 5.02 Å². The summed E-state index contributed by atoms with van der Waals surface area (Å²) in [6, 6.07) is 26.3. The minimum atomic E-state index is -4.45. The Balaban J connectivity index is 1.25. The van der Waals surface area contributed by atoms with Gasteiger partial charge < -0.3 is 15.5 Å². The molecular weight excluding hydrogens is 589 g/mol. The number of carbonyl (C=O) groups excluding carboxylic acids is 2. The maximum absolute atomic E-state index is 13.3. The Hall–Kier alpha value is -4.34. The van der Waals surface area contributed by atoms with Gasteiger partial charge >= 0.3 is 6.18 Å². The third kappa shape index (κ3) is 7.23. The molecule has 0 saturated carbocycles. The van der Waals surface area contributed by atoms with Crippen LogP contribution in [-0.4, -0.2) is 49.4 Å². The number of alkyl halides is 3. The van der Waals surface area contributed by atoms with E-state index in [0.29, 0.717) is 41.5 Å². The fraction of sp³-hybridized carbons (Fsp3) is 0.235. The molecule has 1 heterocycles. The van der Waals surface area contributed by atoms with Gasteiger partial charge in [0, 0.05) is 54.7 Å². The third-order valence-corrected chi connectivity index (χ3v) is 7.87. The summed E-state index contributed by atoms with van der Waals surface area (Å²) < 4.78 is 39.1. The van der Waals surface area contributed by atoms with Crippen LogP contribution in [0.1, 0.15) is 34.5 Å². The van der Waals surface area contributed by atoms with Gasteiger partial charge in [-0.1, -0.05) is 60.1 Å². The van der Waals surface area contributed by atoms with Crippen LogP contribution in [0.15, 0.2) is 97.1 Å². The van der Waals surface area contributed by atoms with Crippen molar-refractivity contribution in [3.8, 4) is 11.1 Å². The number of hydrogen-bond acceptors (Lipinski definition) is 4. The maximum atomic E-state index is 13.3. The molecule has 0 spiro atoms. The summed E-state index contributed by atoms with van der Waals surface area (Å²) in [6.45, 7) is 5.35. The highest BCUT2D eigenvalue weighted by molar-refractivity contribution is 6.31. The molecule has 2 N–H and O–H groups in total. The summed E-state index contributed by atoms with van der Waals surface area (Å²) in [5.74, 6) is -0.436. The molecule has 1 fully saturated rings. The first-order valence-electron chi connectivity index (χ1n) is 14.3. The molecule has 44 heavy (non-hydrogen) atoms. The highest BCUT2D eigenvalue weighted by atomic mass is 35.5. The second kappa shape index (κ2) is 13.5. The van der Waals surface area contributed by atoms with Crippen molar-refractivity contribution in [3.05, 3.63) is 119 Å². The van der Waals surface area contributed by atoms with E-state index < -0.39 is 17.6 Å². The lowest BCUT2D eigenvalue weighted by atomic mass is 9.98. The van der Waals surface area contributed by atoms with Crippen molar-refractivity contribution in [1.29, 1.82) is 0 Å². The summed E-state index contributed by atoms with van der Waals surface area (Å²) in [5, 5.41) is 6.18. The minimum Gasteiger partial charge on any atom is -0.369 e. The molecule has 228 valence electrons. The van der Waals surface area contributed by atoms with E-state index in [1.165, 1.54) is 18.2 Å². The number of nitrogens with zero attached hydrogens (tertiary/aromatic N) is 2. The van der Waals surface area contributed by atoms with Gasteiger partial charge in [-0.25, -0.2) is 0 Å². The molecule has 0 bridgehead atoms. The number of halogens is 4. The van der Waals surface area contributed by atoms with Gasteiger partial charge in [0.15, 0.2) is 0 Å². The van der Waals surface area contributed by atoms with Crippen molar-refractivity contribution in [1.82, 2.24) is 10.2 Å². The van der Waals surface area contributed by atoms with Crippen LogP contribution < -0.4 is 15.5 Å². The summed E-state index contributed by atoms with van der Waals surface area (Å²) >= 11 is 6.18. The Morgan fingerprint density at radius 3 is 2.14 bits per heavy atom. The van der Waals surface area contributed by atoms with Crippen LogP contribution in [0.3, 0.4) is 0 Å². The van der Waals surface area contributed by atoms with Gasteiger partial charge in [-0.3, -0.25) is 14.5 Å². The number of rotatable bonds is 8. The predicted molar refractivity (Wildman–Crippen MR) is 168 cm³/mol. The first-order chi connectivity index (χ1) is 21.1. The van der Waals surface area contributed by atoms with E-state index in [2.05, 4.69) is 20.4 Å². The summed E-state index contributed by atoms with van der Waals surface area (Å²) in [4.78, 5) is 30.7. The van der Waals surface area contributed by atoms with Crippen LogP contribution in [0.4, 0.5) is 24.5 Å². The molecular formula is C34H32ClF3N4O2. The molecule has 4 aromatic rings. The Morgan fingerprint density at radius 2 is 1.52 bits per heavy atom. The van der Waals surface area contributed by atoms with Gasteiger partial charge in [-0.2, -0.15) is 13.2 Å². The summed E-state index contributed by atoms with van der Waals surface area (Å²) in [6.07, 6.45) is -4.45. The molecule has 4 aromatic carbocycles. The molecule has 1 atom stereocenters. The Bertz CT molecular complexity index is 1590. The van der Waals surface area contributed by atoms with Crippen LogP contribution in [0.5, 0.6) is 0 Å². The minimum absolute atomic E-state index is 0.00609. The fourth-order valence-corrected chi connectivity index (χ4v) is 5.59. The maximum Gasteiger partial charge on any atom is 0.416 e. The molecule has 0 aliphatic carbocycles. The van der Waals surface area contributed by atoms with Crippen molar-refractivity contribution in [2.24, 2.45) is 0 Å². The summed E-state index contributed by atoms with van der Waals surface area (Å²) in [7, 11) is 0. The van der Waals surface area contributed by atoms with E-state index in [-0.39, 0.29) is 17.5 Å². The van der Waals surface area contributed by atoms with Crippen molar-refractivity contribution in [2.75, 3.05) is 42.9 Å². The Kier molecular flexibility index (Phi) is 9.56. The highest BCUT2D eigenvalue weighted by Gasteiger charge is 2.31. The number of amides is 2. The number of piperazine rings is 1. The normalized spacial score (nSPS) is 14.6. The molecule has 1 saturated heterocycles. The van der Waals surface area contributed by atoms with Gasteiger partial charge in [-0.15, -0.1) is 0 Å². The quantitative estimate of drug-likeness (QED) is 0.217. The second-order valence-electron chi connectivity index (χ2n) is 10.5. The van der Waals surface area contributed by atoms with Crippen LogP contribution in [-0.2, 0) is 11.0 Å². The lowest BCUT2D eigenvalue weighted by molar-refractivity contribution is -0.137. The number of likely N-dealkylation sites (N-methyl/N-ethyl adjacent to an activating group) is 1. The summed E-state index contributed by atoms with van der Waals surface area (Å²) in [5.41, 5.74) is 2.94. The first-order valence-corrected chi connectivity index (χ1v) is 14.7. The molecule has 2 amide bonds. The molecule has 10 heteroatoms. The number of carbonyl (C=O) groups is 2. The number of benzene rings is 4. The van der Waals surface area contributed by atoms with Crippen LogP contribution >= 0.6 is 11.6 Å². The van der Waals surface area contributed by atoms with E-state index in [1.54, 1.807) is 12.1 Å². The number of hydrogen-bond donors (Lipinski definition) is 2. The Labute approximate surface area is 259 Å². The highest BCUT2D eigenvalue weighted by Crippen LogP contribution is 2.33. The van der Waals surface area contributed by atoms with E-state index in [1.807, 2.05) is 61.5 Å². The van der Waals surface area contributed by atoms with E-state index in [4.69, 9.17) is 11.6 Å². The van der Waals surface area contributed by atoms with Crippen molar-refractivity contribution < 1.29 is 22.8 Å². The van der Waals surface area contributed by atoms with Crippen LogP contribution in [0.25, 0.3) is 11.1 Å². The monoisotopic (exact) mass is 620 g/mol. The van der Waals surface area contributed by atoms with Gasteiger partial charge in [-0.05, 0) is 72.1 Å². The van der Waals surface area contributed by atoms with Gasteiger partial charge in [0.2, 0.25) is 5.91 Å². The zero-order valence-corrected chi connectivity index (χ0v) is 24.8. The molecule has 1 unspecified atom stereocenters. The average molecular weight is 621 g/mol. The number of anilines is 2. The lowest BCUT2D eigenvalue weighted by Gasteiger charge is -2.39. The van der Waals surface area contributed by atoms with Gasteiger partial charge in [0.05, 0.1) is 5.56 Å². The molecule has 1 aliphatic rings. The second-order valence-corrected chi connectivity index (χ2v) is 10.9. The zero-order chi connectivity index (χ0) is 31.3. The number of nitrogens with one attached hydrogen (secondary N) is 2. The standard InChI is InChI=1S/C34H32ClF3N4O2/c1-2-39-33(44)31(24-6-4-3-5-7-24)42-20-18-41(19-21-42)28-15-13-27(14-16-28)40-32(43)30-22-26(35)12-17-29(30)23-8-10-25(11-9-23)34(36,37)38/h3-17,22,31H,2,18-21H2,1H3,(H,39,44)(H,40,43). The van der Waals surface area contributed by atoms with E-state index >= 15 is 0 Å². The molecule has 1 aliphatic heterocycles. The topological polar surface area (TPSA) is 64.7 Å². The Morgan fingerprint density at radius 1 is 0.864 bits per heavy atom. The predicted octanol–water partition coefficient (Wildman–Crippen LogP) is 7.28. The third-order valence-electron chi connectivity index (χ3n) is 7.63. The van der Waals surface area contributed by atoms with Crippen molar-refractivity contribution >= 4 is 34.8 Å². The van der Waals surface area contributed by atoms with Gasteiger partial charge in [0.25, 0.3) is 5.91 Å². The molecule has 5 rings (SSSR count). The molecule has 6 nitrogen and oxygen atoms in total. The first kappa shape index (κ1) is 31.1. The van der Waals surface area contributed by atoms with Crippen molar-refractivity contribution in [3.63, 3.8) is 0 Å². The zero-order valence-electron chi connectivity index (χ0n) is 24.1. The fourth-order valence-electron chi connectivity index (χ4n) is 5.42. The average Bonchev–Trinajstić information content (AvgIpc) is 3.02. The SMILES string of the molecule is CCNC(=O)C(c1ccccc1)N1CCN(c2ccc(NC(=O)c3cc(Cl)ccc3-c3ccc(C(F)(F)F)cc3)cc2)CC1. The lowest BCUT2D eigenvalue weighted by Crippen LogP contribution is -2.51. The van der Waals surface area contributed by atoms with E-state index in [9.17, 15) is 22.8 Å². The van der Waals surface area contributed by atoms with Crippen LogP contribution in [0, 0.1) is 0 Å². The molecule has 0 radical (unpaired) electrons. The van der Waals surface area contributed by atoms with Crippen molar-refractivity contribution in [2.45, 2.75) is 19.1 Å². The van der Waals surface area contributed by atoms with E-state index in [0.717, 1.165) is 36.5 Å². The molecule has 0 aromatic heterocycles. The largest absolute Gasteiger partial charge is 0.416 e. The van der Waals surface area contributed by atoms with Gasteiger partial charge in [0.1, 0.15) is 6.04 Å². The smallest absolute Gasteiger partial charge is 0.369 e.